The number of nitrogens with zero attached hydrogens (tertiary/aromatic N) is 4. The van der Waals surface area contributed by atoms with Gasteiger partial charge in [0.15, 0.2) is 0 Å². The molecule has 2 aromatic heterocycles. The Morgan fingerprint density at radius 2 is 1.93 bits per heavy atom. The van der Waals surface area contributed by atoms with Crippen molar-refractivity contribution in [3.8, 4) is 0 Å². The van der Waals surface area contributed by atoms with Gasteiger partial charge in [0.1, 0.15) is 11.5 Å². The minimum Gasteiger partial charge on any atom is -0.319 e. The Balaban J connectivity index is 1.99. The molecule has 3 rings (SSSR count). The van der Waals surface area contributed by atoms with E-state index in [1.807, 2.05) is 25.3 Å². The Bertz CT molecular complexity index is 979. The minimum atomic E-state index is -3.17. The van der Waals surface area contributed by atoms with Crippen LogP contribution in [0.2, 0.25) is 0 Å². The third-order valence-electron chi connectivity index (χ3n) is 5.17. The van der Waals surface area contributed by atoms with E-state index in [1.165, 1.54) is 10.6 Å². The van der Waals surface area contributed by atoms with Gasteiger partial charge in [-0.25, -0.2) is 17.7 Å². The van der Waals surface area contributed by atoms with Gasteiger partial charge in [-0.1, -0.05) is 18.2 Å². The molecule has 0 aliphatic carbocycles. The molecule has 0 atom stereocenters. The Kier molecular flexibility index (Phi) is 5.69. The lowest BCUT2D eigenvalue weighted by atomic mass is 9.48. The number of rotatable bonds is 6. The molecule has 1 amide bonds. The summed E-state index contributed by atoms with van der Waals surface area (Å²) in [6, 6.07) is 3.85. The summed E-state index contributed by atoms with van der Waals surface area (Å²) in [7, 11) is 14.2. The largest absolute Gasteiger partial charge is 0.319 e. The van der Waals surface area contributed by atoms with Crippen molar-refractivity contribution in [2.75, 3.05) is 24.2 Å². The molecule has 1 aliphatic heterocycles. The van der Waals surface area contributed by atoms with Gasteiger partial charge in [-0.2, -0.15) is 0 Å². The summed E-state index contributed by atoms with van der Waals surface area (Å²) in [6.07, 6.45) is 5.64. The molecule has 6 radical (unpaired) electrons. The van der Waals surface area contributed by atoms with E-state index in [0.717, 1.165) is 23.3 Å². The maximum atomic E-state index is 11.7. The summed E-state index contributed by atoms with van der Waals surface area (Å²) in [5.74, 6) is 0.640. The number of amides is 1. The molecule has 0 unspecified atom stereocenters. The van der Waals surface area contributed by atoms with E-state index in [-0.39, 0.29) is 5.92 Å². The summed E-state index contributed by atoms with van der Waals surface area (Å²) >= 11 is 0. The summed E-state index contributed by atoms with van der Waals surface area (Å²) in [5, 5.41) is -1.86. The first-order chi connectivity index (χ1) is 13.1. The van der Waals surface area contributed by atoms with Crippen LogP contribution in [-0.4, -0.2) is 76.6 Å². The maximum absolute atomic E-state index is 11.7. The standard InChI is InChI=1S/C17H21B3N4O3S/c1-3-14-16(24(11-25)17(18,19)20)23-10-13(4-5-15(23)21-14)12-6-8-22(9-7-12)28(2,26)27/h4-5,10-12H,3,6-9H2,1-2H3. The highest BCUT2D eigenvalue weighted by molar-refractivity contribution is 7.88. The number of carbonyl (C=O) groups is 1. The number of pyridine rings is 1. The first-order valence-electron chi connectivity index (χ1n) is 9.13. The van der Waals surface area contributed by atoms with Crippen molar-refractivity contribution >= 4 is 51.4 Å². The number of imidazole rings is 1. The molecule has 0 spiro atoms. The predicted octanol–water partition coefficient (Wildman–Crippen LogP) is 0.115. The monoisotopic (exact) mass is 394 g/mol. The first-order valence-corrected chi connectivity index (χ1v) is 11.0. The molecule has 1 saturated heterocycles. The molecule has 0 saturated carbocycles. The molecular weight excluding hydrogens is 373 g/mol. The highest BCUT2D eigenvalue weighted by Gasteiger charge is 2.28. The van der Waals surface area contributed by atoms with Gasteiger partial charge in [-0.15, -0.1) is 0 Å². The third kappa shape index (κ3) is 4.00. The fourth-order valence-corrected chi connectivity index (χ4v) is 4.55. The highest BCUT2D eigenvalue weighted by atomic mass is 32.2. The zero-order valence-corrected chi connectivity index (χ0v) is 16.9. The number of piperidine rings is 1. The van der Waals surface area contributed by atoms with E-state index < -0.39 is 15.3 Å². The van der Waals surface area contributed by atoms with Crippen LogP contribution in [0, 0.1) is 0 Å². The zero-order valence-electron chi connectivity index (χ0n) is 16.1. The van der Waals surface area contributed by atoms with E-state index >= 15 is 0 Å². The van der Waals surface area contributed by atoms with Crippen LogP contribution in [0.25, 0.3) is 5.65 Å². The number of hydrogen-bond acceptors (Lipinski definition) is 4. The second-order valence-electron chi connectivity index (χ2n) is 7.23. The number of anilines is 1. The Labute approximate surface area is 169 Å². The predicted molar refractivity (Wildman–Crippen MR) is 111 cm³/mol. The molecule has 1 fully saturated rings. The quantitative estimate of drug-likeness (QED) is 0.516. The Morgan fingerprint density at radius 3 is 2.43 bits per heavy atom. The summed E-state index contributed by atoms with van der Waals surface area (Å²) in [5.41, 5.74) is 2.34. The van der Waals surface area contributed by atoms with E-state index in [9.17, 15) is 13.2 Å². The summed E-state index contributed by atoms with van der Waals surface area (Å²) in [4.78, 5) is 17.3. The van der Waals surface area contributed by atoms with Crippen molar-refractivity contribution in [3.63, 3.8) is 0 Å². The second-order valence-corrected chi connectivity index (χ2v) is 9.21. The van der Waals surface area contributed by atoms with Crippen LogP contribution in [-0.2, 0) is 21.2 Å². The molecule has 1 aliphatic rings. The van der Waals surface area contributed by atoms with Gasteiger partial charge in [-0.3, -0.25) is 9.20 Å². The summed E-state index contributed by atoms with van der Waals surface area (Å²) in [6.45, 7) is 2.88. The van der Waals surface area contributed by atoms with Gasteiger partial charge >= 0.3 is 0 Å². The average molecular weight is 394 g/mol. The van der Waals surface area contributed by atoms with E-state index in [2.05, 4.69) is 4.98 Å². The van der Waals surface area contributed by atoms with Crippen LogP contribution in [0.1, 0.15) is 36.9 Å². The highest BCUT2D eigenvalue weighted by Crippen LogP contribution is 2.32. The smallest absolute Gasteiger partial charge is 0.213 e. The Hall–Kier alpha value is -1.74. The molecule has 7 nitrogen and oxygen atoms in total. The lowest BCUT2D eigenvalue weighted by Gasteiger charge is -2.34. The van der Waals surface area contributed by atoms with E-state index in [1.54, 1.807) is 4.40 Å². The van der Waals surface area contributed by atoms with Crippen molar-refractivity contribution in [2.45, 2.75) is 37.3 Å². The van der Waals surface area contributed by atoms with Crippen molar-refractivity contribution in [2.24, 2.45) is 0 Å². The lowest BCUT2D eigenvalue weighted by molar-refractivity contribution is -0.107. The fourth-order valence-electron chi connectivity index (χ4n) is 3.68. The average Bonchev–Trinajstić information content (AvgIpc) is 2.98. The molecule has 0 N–H and O–H groups in total. The van der Waals surface area contributed by atoms with Crippen LogP contribution in [0.3, 0.4) is 0 Å². The molecule has 2 aromatic rings. The van der Waals surface area contributed by atoms with Crippen LogP contribution in [0.15, 0.2) is 18.3 Å². The lowest BCUT2D eigenvalue weighted by Crippen LogP contribution is -2.51. The molecule has 0 bridgehead atoms. The first kappa shape index (κ1) is 21.0. The zero-order chi connectivity index (χ0) is 20.7. The molecule has 0 aromatic carbocycles. The number of aryl methyl sites for hydroxylation is 1. The van der Waals surface area contributed by atoms with Gasteiger partial charge in [0.05, 0.1) is 35.5 Å². The van der Waals surface area contributed by atoms with Gasteiger partial charge in [0.25, 0.3) is 0 Å². The van der Waals surface area contributed by atoms with Gasteiger partial charge in [0, 0.05) is 19.3 Å². The van der Waals surface area contributed by atoms with E-state index in [0.29, 0.717) is 43.1 Å². The fraction of sp³-hybridized carbons (Fsp3) is 0.529. The van der Waals surface area contributed by atoms with Gasteiger partial charge in [0.2, 0.25) is 16.4 Å². The molecule has 142 valence electrons. The van der Waals surface area contributed by atoms with Crippen molar-refractivity contribution in [3.05, 3.63) is 29.6 Å². The van der Waals surface area contributed by atoms with Crippen LogP contribution in [0.4, 0.5) is 5.82 Å². The number of carbonyl (C=O) groups excluding carboxylic acids is 1. The van der Waals surface area contributed by atoms with Crippen molar-refractivity contribution in [1.29, 1.82) is 0 Å². The number of aromatic nitrogens is 2. The number of fused-ring (bicyclic) bond motifs is 1. The van der Waals surface area contributed by atoms with E-state index in [4.69, 9.17) is 23.5 Å². The Morgan fingerprint density at radius 1 is 1.29 bits per heavy atom. The van der Waals surface area contributed by atoms with Crippen LogP contribution >= 0.6 is 0 Å². The van der Waals surface area contributed by atoms with Crippen molar-refractivity contribution in [1.82, 2.24) is 13.7 Å². The third-order valence-corrected chi connectivity index (χ3v) is 6.47. The SMILES string of the molecule is [B]C([B])([B])N(C=O)c1c(CC)nc2ccc(C3CCN(S(C)(=O)=O)CC3)cn12. The molecule has 28 heavy (non-hydrogen) atoms. The molecular formula is C17H21B3N4O3S. The van der Waals surface area contributed by atoms with Crippen LogP contribution < -0.4 is 4.90 Å². The topological polar surface area (TPSA) is 75.0 Å². The minimum absolute atomic E-state index is 0.200. The molecule has 3 heterocycles. The van der Waals surface area contributed by atoms with Gasteiger partial charge in [-0.05, 0) is 36.8 Å². The maximum Gasteiger partial charge on any atom is 0.213 e. The summed E-state index contributed by atoms with van der Waals surface area (Å²) < 4.78 is 26.7. The number of sulfonamides is 1. The second kappa shape index (κ2) is 7.59. The van der Waals surface area contributed by atoms with Crippen LogP contribution in [0.5, 0.6) is 0 Å². The normalized spacial score (nSPS) is 17.1. The van der Waals surface area contributed by atoms with Crippen molar-refractivity contribution < 1.29 is 13.2 Å². The number of hydrogen-bond donors (Lipinski definition) is 0. The molecule has 11 heteroatoms. The van der Waals surface area contributed by atoms with Gasteiger partial charge < -0.3 is 4.90 Å².